The summed E-state index contributed by atoms with van der Waals surface area (Å²) in [6.07, 6.45) is 1.91. The van der Waals surface area contributed by atoms with E-state index < -0.39 is 0 Å². The summed E-state index contributed by atoms with van der Waals surface area (Å²) in [6, 6.07) is 13.6. The summed E-state index contributed by atoms with van der Waals surface area (Å²) in [5.41, 5.74) is 3.28. The maximum Gasteiger partial charge on any atom is 0.340 e. The number of nitrogens with zero attached hydrogens (tertiary/aromatic N) is 2. The zero-order valence-corrected chi connectivity index (χ0v) is 12.5. The molecular formula is C17H17N3O2. The molecule has 0 unspecified atom stereocenters. The van der Waals surface area contributed by atoms with E-state index in [1.165, 1.54) is 12.7 Å². The molecule has 0 aliphatic rings. The molecule has 3 rings (SSSR count). The number of aromatic nitrogens is 2. The molecule has 112 valence electrons. The van der Waals surface area contributed by atoms with Gasteiger partial charge in [-0.1, -0.05) is 24.3 Å². The number of hydrogen-bond acceptors (Lipinski definition) is 4. The molecule has 0 amide bonds. The Hall–Kier alpha value is -2.66. The SMILES string of the molecule is CNCc1ccc(-n2cc3cccc(C(=O)OC)c3n2)cc1. The third-order valence-electron chi connectivity index (χ3n) is 3.52. The van der Waals surface area contributed by atoms with Crippen LogP contribution in [0.5, 0.6) is 0 Å². The van der Waals surface area contributed by atoms with Gasteiger partial charge >= 0.3 is 5.97 Å². The quantitative estimate of drug-likeness (QED) is 0.752. The summed E-state index contributed by atoms with van der Waals surface area (Å²) in [7, 11) is 3.29. The van der Waals surface area contributed by atoms with Crippen LogP contribution in [-0.2, 0) is 11.3 Å². The number of benzene rings is 2. The summed E-state index contributed by atoms with van der Waals surface area (Å²) in [4.78, 5) is 11.8. The van der Waals surface area contributed by atoms with Gasteiger partial charge in [0.15, 0.2) is 0 Å². The van der Waals surface area contributed by atoms with Crippen molar-refractivity contribution in [1.29, 1.82) is 0 Å². The van der Waals surface area contributed by atoms with Crippen molar-refractivity contribution in [3.8, 4) is 5.69 Å². The number of carbonyl (C=O) groups is 1. The van der Waals surface area contributed by atoms with Gasteiger partial charge in [-0.05, 0) is 30.8 Å². The van der Waals surface area contributed by atoms with Crippen molar-refractivity contribution in [2.45, 2.75) is 6.54 Å². The highest BCUT2D eigenvalue weighted by atomic mass is 16.5. The Balaban J connectivity index is 2.03. The zero-order chi connectivity index (χ0) is 15.5. The molecule has 22 heavy (non-hydrogen) atoms. The first-order valence-corrected chi connectivity index (χ1v) is 7.03. The minimum absolute atomic E-state index is 0.375. The molecule has 1 heterocycles. The standard InChI is InChI=1S/C17H17N3O2/c1-18-10-12-6-8-14(9-7-12)20-11-13-4-3-5-15(16(13)19-20)17(21)22-2/h3-9,11,18H,10H2,1-2H3. The fraction of sp³-hybridized carbons (Fsp3) is 0.176. The molecular weight excluding hydrogens is 278 g/mol. The minimum Gasteiger partial charge on any atom is -0.465 e. The van der Waals surface area contributed by atoms with Gasteiger partial charge in [0.2, 0.25) is 0 Å². The smallest absolute Gasteiger partial charge is 0.340 e. The second kappa shape index (κ2) is 5.99. The summed E-state index contributed by atoms with van der Waals surface area (Å²) in [5.74, 6) is -0.375. The van der Waals surface area contributed by atoms with Crippen LogP contribution in [0.4, 0.5) is 0 Å². The van der Waals surface area contributed by atoms with Crippen LogP contribution < -0.4 is 5.32 Å². The molecule has 0 aliphatic carbocycles. The third-order valence-corrected chi connectivity index (χ3v) is 3.52. The van der Waals surface area contributed by atoms with E-state index in [4.69, 9.17) is 4.74 Å². The molecule has 2 aromatic carbocycles. The first-order chi connectivity index (χ1) is 10.7. The third kappa shape index (κ3) is 2.58. The lowest BCUT2D eigenvalue weighted by atomic mass is 10.1. The highest BCUT2D eigenvalue weighted by Gasteiger charge is 2.13. The maximum absolute atomic E-state index is 11.8. The molecule has 0 aliphatic heterocycles. The lowest BCUT2D eigenvalue weighted by molar-refractivity contribution is 0.0602. The van der Waals surface area contributed by atoms with Crippen molar-refractivity contribution >= 4 is 16.9 Å². The van der Waals surface area contributed by atoms with Crippen LogP contribution in [0.15, 0.2) is 48.7 Å². The van der Waals surface area contributed by atoms with Gasteiger partial charge in [0, 0.05) is 18.1 Å². The van der Waals surface area contributed by atoms with E-state index in [0.29, 0.717) is 11.1 Å². The Morgan fingerprint density at radius 3 is 2.68 bits per heavy atom. The number of hydrogen-bond donors (Lipinski definition) is 1. The van der Waals surface area contributed by atoms with Crippen molar-refractivity contribution in [2.75, 3.05) is 14.2 Å². The fourth-order valence-electron chi connectivity index (χ4n) is 2.42. The Labute approximate surface area is 128 Å². The molecule has 0 radical (unpaired) electrons. The summed E-state index contributed by atoms with van der Waals surface area (Å²) >= 11 is 0. The van der Waals surface area contributed by atoms with Gasteiger partial charge < -0.3 is 10.1 Å². The lowest BCUT2D eigenvalue weighted by Crippen LogP contribution is -2.05. The average molecular weight is 295 g/mol. The number of esters is 1. The predicted molar refractivity (Wildman–Crippen MR) is 85.2 cm³/mol. The van der Waals surface area contributed by atoms with Gasteiger partial charge in [-0.3, -0.25) is 0 Å². The fourth-order valence-corrected chi connectivity index (χ4v) is 2.42. The van der Waals surface area contributed by atoms with Gasteiger partial charge in [-0.25, -0.2) is 9.48 Å². The van der Waals surface area contributed by atoms with E-state index in [1.54, 1.807) is 10.7 Å². The van der Waals surface area contributed by atoms with E-state index >= 15 is 0 Å². The number of rotatable bonds is 4. The number of ether oxygens (including phenoxy) is 1. The normalized spacial score (nSPS) is 10.8. The van der Waals surface area contributed by atoms with E-state index in [2.05, 4.69) is 22.5 Å². The Bertz CT molecular complexity index is 806. The topological polar surface area (TPSA) is 56.2 Å². The molecule has 0 spiro atoms. The van der Waals surface area contributed by atoms with Crippen molar-refractivity contribution in [1.82, 2.24) is 15.1 Å². The van der Waals surface area contributed by atoms with Crippen LogP contribution in [0.3, 0.4) is 0 Å². The van der Waals surface area contributed by atoms with Crippen LogP contribution in [-0.4, -0.2) is 29.9 Å². The summed E-state index contributed by atoms with van der Waals surface area (Å²) in [6.45, 7) is 0.827. The molecule has 0 atom stereocenters. The van der Waals surface area contributed by atoms with E-state index in [1.807, 2.05) is 37.5 Å². The van der Waals surface area contributed by atoms with Gasteiger partial charge in [-0.15, -0.1) is 0 Å². The predicted octanol–water partition coefficient (Wildman–Crippen LogP) is 2.53. The number of nitrogens with one attached hydrogen (secondary N) is 1. The number of methoxy groups -OCH3 is 1. The molecule has 0 saturated carbocycles. The van der Waals surface area contributed by atoms with Crippen molar-refractivity contribution < 1.29 is 9.53 Å². The van der Waals surface area contributed by atoms with Crippen molar-refractivity contribution in [2.24, 2.45) is 0 Å². The van der Waals surface area contributed by atoms with Crippen LogP contribution >= 0.6 is 0 Å². The monoisotopic (exact) mass is 295 g/mol. The van der Waals surface area contributed by atoms with Crippen molar-refractivity contribution in [3.05, 3.63) is 59.8 Å². The van der Waals surface area contributed by atoms with E-state index in [0.717, 1.165) is 17.6 Å². The molecule has 0 fully saturated rings. The molecule has 5 nitrogen and oxygen atoms in total. The Morgan fingerprint density at radius 1 is 1.23 bits per heavy atom. The second-order valence-corrected chi connectivity index (χ2v) is 5.01. The minimum atomic E-state index is -0.375. The molecule has 3 aromatic rings. The number of carbonyl (C=O) groups excluding carboxylic acids is 1. The maximum atomic E-state index is 11.8. The molecule has 5 heteroatoms. The zero-order valence-electron chi connectivity index (χ0n) is 12.5. The van der Waals surface area contributed by atoms with Gasteiger partial charge in [-0.2, -0.15) is 5.10 Å². The summed E-state index contributed by atoms with van der Waals surface area (Å²) < 4.78 is 6.58. The molecule has 1 aromatic heterocycles. The average Bonchev–Trinajstić information content (AvgIpc) is 2.99. The largest absolute Gasteiger partial charge is 0.465 e. The van der Waals surface area contributed by atoms with Crippen LogP contribution in [0.1, 0.15) is 15.9 Å². The van der Waals surface area contributed by atoms with E-state index in [-0.39, 0.29) is 5.97 Å². The lowest BCUT2D eigenvalue weighted by Gasteiger charge is -2.03. The second-order valence-electron chi connectivity index (χ2n) is 5.01. The Kier molecular flexibility index (Phi) is 3.89. The van der Waals surface area contributed by atoms with Gasteiger partial charge in [0.1, 0.15) is 5.52 Å². The van der Waals surface area contributed by atoms with Gasteiger partial charge in [0.25, 0.3) is 0 Å². The first-order valence-electron chi connectivity index (χ1n) is 7.03. The van der Waals surface area contributed by atoms with Gasteiger partial charge in [0.05, 0.1) is 18.4 Å². The highest BCUT2D eigenvalue weighted by Crippen LogP contribution is 2.20. The van der Waals surface area contributed by atoms with Crippen LogP contribution in [0, 0.1) is 0 Å². The Morgan fingerprint density at radius 2 is 2.00 bits per heavy atom. The first kappa shape index (κ1) is 14.3. The van der Waals surface area contributed by atoms with Crippen molar-refractivity contribution in [3.63, 3.8) is 0 Å². The highest BCUT2D eigenvalue weighted by molar-refractivity contribution is 6.02. The molecule has 0 bridgehead atoms. The van der Waals surface area contributed by atoms with E-state index in [9.17, 15) is 4.79 Å². The number of fused-ring (bicyclic) bond motifs is 1. The van der Waals surface area contributed by atoms with Crippen LogP contribution in [0.2, 0.25) is 0 Å². The molecule has 0 saturated heterocycles. The summed E-state index contributed by atoms with van der Waals surface area (Å²) in [5, 5.41) is 8.55. The van der Waals surface area contributed by atoms with Crippen LogP contribution in [0.25, 0.3) is 16.6 Å². The molecule has 1 N–H and O–H groups in total.